The monoisotopic (exact) mass is 561 g/mol. The minimum absolute atomic E-state index is 0.307. The summed E-state index contributed by atoms with van der Waals surface area (Å²) >= 11 is 6.88. The Labute approximate surface area is 206 Å². The fourth-order valence-electron chi connectivity index (χ4n) is 4.32. The van der Waals surface area contributed by atoms with Crippen LogP contribution in [0.25, 0.3) is 10.9 Å². The van der Waals surface area contributed by atoms with Crippen LogP contribution in [0.5, 0.6) is 5.75 Å². The van der Waals surface area contributed by atoms with E-state index in [-0.39, 0.29) is 0 Å². The van der Waals surface area contributed by atoms with Gasteiger partial charge in [-0.2, -0.15) is 4.98 Å². The highest BCUT2D eigenvalue weighted by atomic mass is 79.9. The Morgan fingerprint density at radius 3 is 2.56 bits per heavy atom. The second kappa shape index (κ2) is 10.4. The number of anilines is 2. The third kappa shape index (κ3) is 5.53. The summed E-state index contributed by atoms with van der Waals surface area (Å²) in [5.74, 6) is 2.60. The zero-order chi connectivity index (χ0) is 22.7. The second-order valence-electron chi connectivity index (χ2n) is 8.67. The van der Waals surface area contributed by atoms with E-state index in [1.165, 1.54) is 0 Å². The molecule has 1 fully saturated rings. The molecule has 8 heteroatoms. The molecule has 1 heterocycles. The number of rotatable bonds is 7. The minimum Gasteiger partial charge on any atom is -0.506 e. The van der Waals surface area contributed by atoms with E-state index < -0.39 is 0 Å². The number of nitrogens with zero attached hydrogens (tertiary/aromatic N) is 3. The van der Waals surface area contributed by atoms with Gasteiger partial charge < -0.3 is 20.6 Å². The summed E-state index contributed by atoms with van der Waals surface area (Å²) < 4.78 is 1.67. The average molecular weight is 563 g/mol. The normalized spacial score (nSPS) is 18.6. The summed E-state index contributed by atoms with van der Waals surface area (Å²) in [6, 6.07) is 12.4. The highest BCUT2D eigenvalue weighted by Gasteiger charge is 2.22. The van der Waals surface area contributed by atoms with Crippen molar-refractivity contribution in [2.24, 2.45) is 5.92 Å². The molecule has 0 saturated heterocycles. The molecule has 0 radical (unpaired) electrons. The number of hydrogen-bond donors (Lipinski definition) is 3. The van der Waals surface area contributed by atoms with Gasteiger partial charge in [0.05, 0.1) is 9.99 Å². The van der Waals surface area contributed by atoms with Gasteiger partial charge in [0.1, 0.15) is 11.6 Å². The van der Waals surface area contributed by atoms with Gasteiger partial charge in [-0.25, -0.2) is 4.98 Å². The Morgan fingerprint density at radius 2 is 1.81 bits per heavy atom. The van der Waals surface area contributed by atoms with Gasteiger partial charge in [0, 0.05) is 42.1 Å². The molecule has 0 amide bonds. The van der Waals surface area contributed by atoms with Gasteiger partial charge in [0.2, 0.25) is 5.95 Å². The van der Waals surface area contributed by atoms with Gasteiger partial charge >= 0.3 is 0 Å². The van der Waals surface area contributed by atoms with Crippen molar-refractivity contribution in [3.63, 3.8) is 0 Å². The van der Waals surface area contributed by atoms with E-state index in [0.717, 1.165) is 59.0 Å². The third-order valence-electron chi connectivity index (χ3n) is 6.04. The highest BCUT2D eigenvalue weighted by Crippen LogP contribution is 2.32. The molecule has 1 aromatic heterocycles. The number of aromatic hydroxyl groups is 1. The smallest absolute Gasteiger partial charge is 0.225 e. The maximum absolute atomic E-state index is 10.2. The van der Waals surface area contributed by atoms with Crippen LogP contribution in [0.4, 0.5) is 11.8 Å². The molecule has 4 rings (SSSR count). The molecule has 0 unspecified atom stereocenters. The first-order valence-electron chi connectivity index (χ1n) is 11.0. The number of halogens is 2. The summed E-state index contributed by atoms with van der Waals surface area (Å²) in [5.41, 5.74) is 1.86. The summed E-state index contributed by atoms with van der Waals surface area (Å²) in [5, 5.41) is 18.4. The fraction of sp³-hybridized carbons (Fsp3) is 0.417. The van der Waals surface area contributed by atoms with Crippen molar-refractivity contribution < 1.29 is 5.11 Å². The Bertz CT molecular complexity index is 1080. The number of nitrogens with one attached hydrogen (secondary N) is 2. The van der Waals surface area contributed by atoms with Crippen LogP contribution in [-0.4, -0.2) is 41.8 Å². The summed E-state index contributed by atoms with van der Waals surface area (Å²) in [6.45, 7) is 1.60. The number of phenolic OH excluding ortho intramolecular Hbond substituents is 1. The quantitative estimate of drug-likeness (QED) is 0.344. The van der Waals surface area contributed by atoms with Crippen LogP contribution in [0.15, 0.2) is 45.3 Å². The van der Waals surface area contributed by atoms with Crippen molar-refractivity contribution in [1.29, 1.82) is 0 Å². The molecule has 6 nitrogen and oxygen atoms in total. The Kier molecular flexibility index (Phi) is 7.53. The Morgan fingerprint density at radius 1 is 1.06 bits per heavy atom. The van der Waals surface area contributed by atoms with Crippen molar-refractivity contribution in [2.75, 3.05) is 30.9 Å². The van der Waals surface area contributed by atoms with Crippen LogP contribution >= 0.6 is 31.9 Å². The van der Waals surface area contributed by atoms with Crippen molar-refractivity contribution in [3.8, 4) is 5.75 Å². The number of para-hydroxylation sites is 1. The van der Waals surface area contributed by atoms with Crippen LogP contribution in [0.2, 0.25) is 0 Å². The van der Waals surface area contributed by atoms with E-state index >= 15 is 0 Å². The lowest BCUT2D eigenvalue weighted by atomic mass is 9.86. The van der Waals surface area contributed by atoms with Crippen LogP contribution in [0.1, 0.15) is 31.2 Å². The molecule has 170 valence electrons. The number of aromatic nitrogens is 2. The molecular weight excluding hydrogens is 534 g/mol. The van der Waals surface area contributed by atoms with E-state index in [1.807, 2.05) is 49.3 Å². The molecule has 1 saturated carbocycles. The van der Waals surface area contributed by atoms with Gasteiger partial charge in [-0.05, 0) is 78.3 Å². The molecule has 32 heavy (non-hydrogen) atoms. The van der Waals surface area contributed by atoms with Crippen LogP contribution < -0.4 is 15.5 Å². The van der Waals surface area contributed by atoms with Gasteiger partial charge in [-0.3, -0.25) is 0 Å². The predicted molar refractivity (Wildman–Crippen MR) is 138 cm³/mol. The Hall–Kier alpha value is -1.90. The number of phenols is 1. The molecule has 0 spiro atoms. The first-order chi connectivity index (χ1) is 15.4. The SMILES string of the molecule is CN(C)c1nc(N[C@H]2CC[C@@H](CNCc3cc(Br)cc(Br)c3O)CC2)nc2ccccc12. The summed E-state index contributed by atoms with van der Waals surface area (Å²) in [4.78, 5) is 11.6. The topological polar surface area (TPSA) is 73.3 Å². The van der Waals surface area contributed by atoms with E-state index in [9.17, 15) is 5.11 Å². The van der Waals surface area contributed by atoms with Gasteiger partial charge in [0.25, 0.3) is 0 Å². The van der Waals surface area contributed by atoms with Crippen molar-refractivity contribution in [1.82, 2.24) is 15.3 Å². The average Bonchev–Trinajstić information content (AvgIpc) is 2.77. The molecule has 3 aromatic rings. The summed E-state index contributed by atoms with van der Waals surface area (Å²) in [6.07, 6.45) is 4.53. The van der Waals surface area contributed by atoms with Gasteiger partial charge in [0.15, 0.2) is 0 Å². The molecule has 1 aliphatic rings. The maximum Gasteiger partial charge on any atom is 0.225 e. The lowest BCUT2D eigenvalue weighted by Crippen LogP contribution is -2.31. The van der Waals surface area contributed by atoms with E-state index in [0.29, 0.717) is 34.7 Å². The van der Waals surface area contributed by atoms with E-state index in [1.54, 1.807) is 0 Å². The Balaban J connectivity index is 1.30. The van der Waals surface area contributed by atoms with Crippen LogP contribution in [0.3, 0.4) is 0 Å². The van der Waals surface area contributed by atoms with Crippen LogP contribution in [0, 0.1) is 5.92 Å². The zero-order valence-corrected chi connectivity index (χ0v) is 21.6. The summed E-state index contributed by atoms with van der Waals surface area (Å²) in [7, 11) is 4.03. The maximum atomic E-state index is 10.2. The predicted octanol–water partition coefficient (Wildman–Crippen LogP) is 5.69. The van der Waals surface area contributed by atoms with Gasteiger partial charge in [-0.1, -0.05) is 28.1 Å². The number of hydrogen-bond acceptors (Lipinski definition) is 6. The molecule has 0 bridgehead atoms. The lowest BCUT2D eigenvalue weighted by Gasteiger charge is -2.29. The van der Waals surface area contributed by atoms with Crippen molar-refractivity contribution in [2.45, 2.75) is 38.3 Å². The molecule has 0 aliphatic heterocycles. The first-order valence-corrected chi connectivity index (χ1v) is 12.6. The molecule has 3 N–H and O–H groups in total. The zero-order valence-electron chi connectivity index (χ0n) is 18.4. The molecular formula is C24H29Br2N5O. The number of fused-ring (bicyclic) bond motifs is 1. The standard InChI is InChI=1S/C24H29Br2N5O/c1-31(2)23-19-5-3-4-6-21(19)29-24(30-23)28-18-9-7-15(8-10-18)13-27-14-16-11-17(25)12-20(26)22(16)32/h3-6,11-12,15,18,27,32H,7-10,13-14H2,1-2H3,(H,28,29,30)/t15-,18+. The second-order valence-corrected chi connectivity index (χ2v) is 10.4. The minimum atomic E-state index is 0.307. The lowest BCUT2D eigenvalue weighted by molar-refractivity contribution is 0.323. The molecule has 2 aromatic carbocycles. The first kappa shape index (κ1) is 23.3. The van der Waals surface area contributed by atoms with Crippen molar-refractivity contribution >= 4 is 54.5 Å². The fourth-order valence-corrected chi connectivity index (χ4v) is 5.64. The van der Waals surface area contributed by atoms with Gasteiger partial charge in [-0.15, -0.1) is 0 Å². The highest BCUT2D eigenvalue weighted by molar-refractivity contribution is 9.11. The van der Waals surface area contributed by atoms with E-state index in [4.69, 9.17) is 9.97 Å². The third-order valence-corrected chi connectivity index (χ3v) is 7.10. The number of benzene rings is 2. The molecule has 0 atom stereocenters. The van der Waals surface area contributed by atoms with Crippen LogP contribution in [-0.2, 0) is 6.54 Å². The van der Waals surface area contributed by atoms with E-state index in [2.05, 4.69) is 48.6 Å². The largest absolute Gasteiger partial charge is 0.506 e. The molecule has 1 aliphatic carbocycles. The van der Waals surface area contributed by atoms with Crippen molar-refractivity contribution in [3.05, 3.63) is 50.9 Å².